The first-order valence-corrected chi connectivity index (χ1v) is 7.03. The molecule has 18 heavy (non-hydrogen) atoms. The second kappa shape index (κ2) is 5.94. The second-order valence-electron chi connectivity index (χ2n) is 3.94. The third-order valence-electron chi connectivity index (χ3n) is 2.27. The lowest BCUT2D eigenvalue weighted by Crippen LogP contribution is -2.35. The molecule has 0 aromatic carbocycles. The Morgan fingerprint density at radius 1 is 1.61 bits per heavy atom. The van der Waals surface area contributed by atoms with Crippen LogP contribution in [0.5, 0.6) is 0 Å². The maximum absolute atomic E-state index is 11.6. The first-order valence-electron chi connectivity index (χ1n) is 5.32. The molecule has 0 aliphatic heterocycles. The fourth-order valence-electron chi connectivity index (χ4n) is 1.35. The van der Waals surface area contributed by atoms with Crippen LogP contribution in [0.4, 0.5) is 0 Å². The van der Waals surface area contributed by atoms with Gasteiger partial charge in [0.2, 0.25) is 15.9 Å². The number of rotatable bonds is 6. The predicted octanol–water partition coefficient (Wildman–Crippen LogP) is -1.79. The SMILES string of the molecule is Cn1cc(C(N)C(=O)NCCCS(N)(=O)=O)cn1. The summed E-state index contributed by atoms with van der Waals surface area (Å²) in [7, 11) is -1.76. The summed E-state index contributed by atoms with van der Waals surface area (Å²) < 4.78 is 22.9. The standard InChI is InChI=1S/C9H17N5O3S/c1-14-6-7(5-13-14)8(10)9(15)12-3-2-4-18(11,16)17/h5-6,8H,2-4,10H2,1H3,(H,12,15)(H2,11,16,17). The Balaban J connectivity index is 2.37. The van der Waals surface area contributed by atoms with Gasteiger partial charge in [-0.3, -0.25) is 9.48 Å². The molecule has 1 aromatic rings. The van der Waals surface area contributed by atoms with Crippen LogP contribution in [0, 0.1) is 0 Å². The summed E-state index contributed by atoms with van der Waals surface area (Å²) in [4.78, 5) is 11.6. The third kappa shape index (κ3) is 4.82. The van der Waals surface area contributed by atoms with E-state index in [9.17, 15) is 13.2 Å². The summed E-state index contributed by atoms with van der Waals surface area (Å²) in [6, 6.07) is -0.812. The molecular formula is C9H17N5O3S. The van der Waals surface area contributed by atoms with Crippen molar-refractivity contribution in [2.45, 2.75) is 12.5 Å². The highest BCUT2D eigenvalue weighted by Crippen LogP contribution is 2.07. The van der Waals surface area contributed by atoms with Crippen molar-refractivity contribution in [3.05, 3.63) is 18.0 Å². The van der Waals surface area contributed by atoms with E-state index >= 15 is 0 Å². The maximum atomic E-state index is 11.6. The number of nitrogens with one attached hydrogen (secondary N) is 1. The van der Waals surface area contributed by atoms with Gasteiger partial charge in [0, 0.05) is 25.4 Å². The third-order valence-corrected chi connectivity index (χ3v) is 3.13. The van der Waals surface area contributed by atoms with Gasteiger partial charge in [-0.2, -0.15) is 5.10 Å². The van der Waals surface area contributed by atoms with E-state index in [0.717, 1.165) is 0 Å². The molecule has 0 saturated heterocycles. The number of hydrogen-bond acceptors (Lipinski definition) is 5. The van der Waals surface area contributed by atoms with E-state index in [1.54, 1.807) is 17.9 Å². The van der Waals surface area contributed by atoms with E-state index in [2.05, 4.69) is 10.4 Å². The number of carbonyl (C=O) groups is 1. The van der Waals surface area contributed by atoms with Crippen LogP contribution in [0.1, 0.15) is 18.0 Å². The van der Waals surface area contributed by atoms with Gasteiger partial charge in [0.1, 0.15) is 6.04 Å². The lowest BCUT2D eigenvalue weighted by Gasteiger charge is -2.10. The first kappa shape index (κ1) is 14.6. The van der Waals surface area contributed by atoms with E-state index in [0.29, 0.717) is 5.56 Å². The van der Waals surface area contributed by atoms with Gasteiger partial charge >= 0.3 is 0 Å². The molecule has 0 aliphatic rings. The van der Waals surface area contributed by atoms with Crippen molar-refractivity contribution in [2.24, 2.45) is 17.9 Å². The topological polar surface area (TPSA) is 133 Å². The number of aromatic nitrogens is 2. The number of primary sulfonamides is 1. The Bertz CT molecular complexity index is 510. The number of nitrogens with zero attached hydrogens (tertiary/aromatic N) is 2. The Morgan fingerprint density at radius 3 is 2.78 bits per heavy atom. The van der Waals surface area contributed by atoms with Gasteiger partial charge in [0.05, 0.1) is 11.9 Å². The van der Waals surface area contributed by atoms with Crippen molar-refractivity contribution in [1.82, 2.24) is 15.1 Å². The van der Waals surface area contributed by atoms with Crippen molar-refractivity contribution in [1.29, 1.82) is 0 Å². The largest absolute Gasteiger partial charge is 0.354 e. The predicted molar refractivity (Wildman–Crippen MR) is 65.7 cm³/mol. The number of aryl methyl sites for hydroxylation is 1. The maximum Gasteiger partial charge on any atom is 0.241 e. The number of carbonyl (C=O) groups excluding carboxylic acids is 1. The van der Waals surface area contributed by atoms with Gasteiger partial charge in [-0.15, -0.1) is 0 Å². The molecule has 8 nitrogen and oxygen atoms in total. The van der Waals surface area contributed by atoms with Crippen LogP contribution in [-0.2, 0) is 21.9 Å². The van der Waals surface area contributed by atoms with E-state index in [1.165, 1.54) is 6.20 Å². The van der Waals surface area contributed by atoms with E-state index in [4.69, 9.17) is 10.9 Å². The monoisotopic (exact) mass is 275 g/mol. The van der Waals surface area contributed by atoms with Gasteiger partial charge in [-0.05, 0) is 6.42 Å². The fraction of sp³-hybridized carbons (Fsp3) is 0.556. The zero-order chi connectivity index (χ0) is 13.8. The van der Waals surface area contributed by atoms with E-state index < -0.39 is 16.1 Å². The molecule has 0 fully saturated rings. The average molecular weight is 275 g/mol. The minimum atomic E-state index is -3.49. The van der Waals surface area contributed by atoms with Gasteiger partial charge in [-0.25, -0.2) is 13.6 Å². The molecule has 1 amide bonds. The van der Waals surface area contributed by atoms with Crippen molar-refractivity contribution < 1.29 is 13.2 Å². The molecule has 1 rings (SSSR count). The number of nitrogens with two attached hydrogens (primary N) is 2. The highest BCUT2D eigenvalue weighted by atomic mass is 32.2. The zero-order valence-corrected chi connectivity index (χ0v) is 10.9. The number of amides is 1. The highest BCUT2D eigenvalue weighted by molar-refractivity contribution is 7.89. The Hall–Kier alpha value is -1.45. The molecule has 102 valence electrons. The molecule has 1 atom stereocenters. The van der Waals surface area contributed by atoms with Gasteiger partial charge in [0.15, 0.2) is 0 Å². The van der Waals surface area contributed by atoms with Crippen molar-refractivity contribution in [3.63, 3.8) is 0 Å². The molecular weight excluding hydrogens is 258 g/mol. The number of sulfonamides is 1. The summed E-state index contributed by atoms with van der Waals surface area (Å²) in [5, 5.41) is 11.3. The van der Waals surface area contributed by atoms with Crippen LogP contribution in [-0.4, -0.2) is 36.4 Å². The smallest absolute Gasteiger partial charge is 0.241 e. The minimum absolute atomic E-state index is 0.171. The van der Waals surface area contributed by atoms with Crippen molar-refractivity contribution >= 4 is 15.9 Å². The van der Waals surface area contributed by atoms with Gasteiger partial charge in [-0.1, -0.05) is 0 Å². The number of hydrogen-bond donors (Lipinski definition) is 3. The molecule has 1 aromatic heterocycles. The Morgan fingerprint density at radius 2 is 2.28 bits per heavy atom. The van der Waals surface area contributed by atoms with Crippen LogP contribution in [0.25, 0.3) is 0 Å². The molecule has 0 bridgehead atoms. The van der Waals surface area contributed by atoms with Gasteiger partial charge in [0.25, 0.3) is 0 Å². The second-order valence-corrected chi connectivity index (χ2v) is 5.67. The Kier molecular flexibility index (Phi) is 4.82. The Labute approximate surface area is 105 Å². The minimum Gasteiger partial charge on any atom is -0.354 e. The molecule has 0 radical (unpaired) electrons. The average Bonchev–Trinajstić information content (AvgIpc) is 2.68. The first-order chi connectivity index (χ1) is 8.29. The van der Waals surface area contributed by atoms with Crippen LogP contribution in [0.15, 0.2) is 12.4 Å². The molecule has 9 heteroatoms. The van der Waals surface area contributed by atoms with E-state index in [-0.39, 0.29) is 24.6 Å². The zero-order valence-electron chi connectivity index (χ0n) is 10.0. The molecule has 5 N–H and O–H groups in total. The summed E-state index contributed by atoms with van der Waals surface area (Å²) in [6.45, 7) is 0.212. The quantitative estimate of drug-likeness (QED) is 0.527. The summed E-state index contributed by atoms with van der Waals surface area (Å²) in [5.41, 5.74) is 6.31. The normalized spacial score (nSPS) is 13.3. The molecule has 0 saturated carbocycles. The highest BCUT2D eigenvalue weighted by Gasteiger charge is 2.16. The molecule has 1 heterocycles. The van der Waals surface area contributed by atoms with Gasteiger partial charge < -0.3 is 11.1 Å². The van der Waals surface area contributed by atoms with Crippen LogP contribution >= 0.6 is 0 Å². The molecule has 1 unspecified atom stereocenters. The van der Waals surface area contributed by atoms with Crippen molar-refractivity contribution in [2.75, 3.05) is 12.3 Å². The van der Waals surface area contributed by atoms with Crippen LogP contribution in [0.2, 0.25) is 0 Å². The van der Waals surface area contributed by atoms with Crippen molar-refractivity contribution in [3.8, 4) is 0 Å². The lowest BCUT2D eigenvalue weighted by atomic mass is 10.1. The molecule has 0 spiro atoms. The van der Waals surface area contributed by atoms with Crippen LogP contribution < -0.4 is 16.2 Å². The summed E-state index contributed by atoms with van der Waals surface area (Å²) >= 11 is 0. The van der Waals surface area contributed by atoms with E-state index in [1.807, 2.05) is 0 Å². The summed E-state index contributed by atoms with van der Waals surface area (Å²) in [6.07, 6.45) is 3.41. The molecule has 0 aliphatic carbocycles. The van der Waals surface area contributed by atoms with Crippen LogP contribution in [0.3, 0.4) is 0 Å². The fourth-order valence-corrected chi connectivity index (χ4v) is 1.89. The summed E-state index contributed by atoms with van der Waals surface area (Å²) in [5.74, 6) is -0.549. The lowest BCUT2D eigenvalue weighted by molar-refractivity contribution is -0.122.